The summed E-state index contributed by atoms with van der Waals surface area (Å²) in [5.41, 5.74) is 0.903. The summed E-state index contributed by atoms with van der Waals surface area (Å²) in [6.07, 6.45) is 3.40. The third kappa shape index (κ3) is 2.15. The van der Waals surface area contributed by atoms with Crippen LogP contribution in [0.25, 0.3) is 16.7 Å². The lowest BCUT2D eigenvalue weighted by molar-refractivity contribution is 1.07. The molecule has 0 aliphatic heterocycles. The fourth-order valence-corrected chi connectivity index (χ4v) is 3.58. The number of benzene rings is 1. The van der Waals surface area contributed by atoms with Crippen LogP contribution in [0.5, 0.6) is 0 Å². The molecule has 1 aromatic carbocycles. The molecule has 0 bridgehead atoms. The van der Waals surface area contributed by atoms with Crippen molar-refractivity contribution >= 4 is 66.5 Å². The Morgan fingerprint density at radius 2 is 2.23 bits per heavy atom. The Hall–Kier alpha value is -1.77. The smallest absolute Gasteiger partial charge is 0.257 e. The fourth-order valence-electron chi connectivity index (χ4n) is 2.27. The minimum absolute atomic E-state index is 0.521. The molecule has 3 heterocycles. The van der Waals surface area contributed by atoms with E-state index in [9.17, 15) is 0 Å². The zero-order valence-corrected chi connectivity index (χ0v) is 14.4. The third-order valence-corrected chi connectivity index (χ3v) is 5.05. The molecule has 0 N–H and O–H groups in total. The van der Waals surface area contributed by atoms with Crippen LogP contribution in [0.1, 0.15) is 0 Å². The first-order chi connectivity index (χ1) is 10.6. The lowest BCUT2D eigenvalue weighted by Crippen LogP contribution is -2.12. The largest absolute Gasteiger partial charge is 0.305 e. The summed E-state index contributed by atoms with van der Waals surface area (Å²) in [6, 6.07) is 5.67. The molecule has 6 nitrogen and oxygen atoms in total. The van der Waals surface area contributed by atoms with E-state index in [2.05, 4.69) is 36.1 Å². The van der Waals surface area contributed by atoms with Crippen molar-refractivity contribution in [2.45, 2.75) is 0 Å². The number of rotatable bonds is 2. The van der Waals surface area contributed by atoms with E-state index in [0.717, 1.165) is 25.6 Å². The van der Waals surface area contributed by atoms with Crippen molar-refractivity contribution in [2.24, 2.45) is 0 Å². The van der Waals surface area contributed by atoms with Gasteiger partial charge < -0.3 is 4.90 Å². The Morgan fingerprint density at radius 3 is 3.00 bits per heavy atom. The van der Waals surface area contributed by atoms with Gasteiger partial charge in [-0.3, -0.25) is 4.40 Å². The summed E-state index contributed by atoms with van der Waals surface area (Å²) in [5.74, 6) is 1.28. The van der Waals surface area contributed by atoms with Gasteiger partial charge in [0.15, 0.2) is 5.13 Å². The quantitative estimate of drug-likeness (QED) is 0.515. The lowest BCUT2D eigenvalue weighted by Gasteiger charge is -2.17. The van der Waals surface area contributed by atoms with Crippen LogP contribution in [0.2, 0.25) is 5.02 Å². The number of thiazole rings is 1. The maximum Gasteiger partial charge on any atom is 0.257 e. The molecule has 4 rings (SSSR count). The van der Waals surface area contributed by atoms with Crippen LogP contribution < -0.4 is 4.90 Å². The molecule has 4 aromatic rings. The maximum absolute atomic E-state index is 6.13. The highest BCUT2D eigenvalue weighted by molar-refractivity contribution is 9.11. The summed E-state index contributed by atoms with van der Waals surface area (Å²) in [4.78, 5) is 10.9. The van der Waals surface area contributed by atoms with Crippen LogP contribution in [-0.2, 0) is 0 Å². The van der Waals surface area contributed by atoms with Gasteiger partial charge in [-0.25, -0.2) is 4.98 Å². The predicted molar refractivity (Wildman–Crippen MR) is 91.2 cm³/mol. The van der Waals surface area contributed by atoms with Crippen molar-refractivity contribution in [1.29, 1.82) is 0 Å². The molecule has 3 aromatic heterocycles. The zero-order valence-electron chi connectivity index (χ0n) is 11.2. The van der Waals surface area contributed by atoms with E-state index in [-0.39, 0.29) is 0 Å². The maximum atomic E-state index is 6.13. The van der Waals surface area contributed by atoms with E-state index in [1.165, 1.54) is 11.3 Å². The van der Waals surface area contributed by atoms with Crippen LogP contribution in [0.4, 0.5) is 10.9 Å². The highest BCUT2D eigenvalue weighted by Gasteiger charge is 2.16. The number of anilines is 2. The fraction of sp³-hybridized carbons (Fsp3) is 0.0769. The molecule has 0 aliphatic rings. The van der Waals surface area contributed by atoms with Gasteiger partial charge in [-0.2, -0.15) is 4.98 Å². The lowest BCUT2D eigenvalue weighted by atomic mass is 10.2. The standard InChI is InChI=1S/C13H8BrClN6S/c1-20(13-16-5-10(14)22-13)11-8-3-2-7(15)4-9(8)21-6-17-19-12(21)18-11/h2-6H,1H3. The van der Waals surface area contributed by atoms with Gasteiger partial charge in [0.05, 0.1) is 15.5 Å². The second-order valence-electron chi connectivity index (χ2n) is 4.60. The minimum Gasteiger partial charge on any atom is -0.305 e. The number of hydrogen-bond acceptors (Lipinski definition) is 6. The Kier molecular flexibility index (Phi) is 3.24. The molecule has 0 radical (unpaired) electrons. The van der Waals surface area contributed by atoms with E-state index in [1.54, 1.807) is 12.5 Å². The van der Waals surface area contributed by atoms with Gasteiger partial charge in [0.25, 0.3) is 5.78 Å². The van der Waals surface area contributed by atoms with Crippen molar-refractivity contribution in [2.75, 3.05) is 11.9 Å². The monoisotopic (exact) mass is 394 g/mol. The molecule has 22 heavy (non-hydrogen) atoms. The average molecular weight is 396 g/mol. The molecule has 0 saturated carbocycles. The topological polar surface area (TPSA) is 59.2 Å². The SMILES string of the molecule is CN(c1ncc(Br)s1)c1nc2nncn2c2cc(Cl)ccc12. The molecule has 0 aliphatic carbocycles. The van der Waals surface area contributed by atoms with Crippen LogP contribution >= 0.6 is 38.9 Å². The number of halogens is 2. The zero-order chi connectivity index (χ0) is 15.3. The molecule has 0 spiro atoms. The van der Waals surface area contributed by atoms with Crippen molar-refractivity contribution in [3.05, 3.63) is 39.5 Å². The molecule has 0 atom stereocenters. The Morgan fingerprint density at radius 1 is 1.36 bits per heavy atom. The molecular formula is C13H8BrClN6S. The predicted octanol–water partition coefficient (Wildman–Crippen LogP) is 3.92. The minimum atomic E-state index is 0.521. The summed E-state index contributed by atoms with van der Waals surface area (Å²) in [6.45, 7) is 0. The van der Waals surface area contributed by atoms with Crippen molar-refractivity contribution in [1.82, 2.24) is 24.6 Å². The van der Waals surface area contributed by atoms with Gasteiger partial charge in [-0.05, 0) is 34.1 Å². The summed E-state index contributed by atoms with van der Waals surface area (Å²) < 4.78 is 2.78. The molecule has 0 unspecified atom stereocenters. The first-order valence-electron chi connectivity index (χ1n) is 6.27. The highest BCUT2D eigenvalue weighted by Crippen LogP contribution is 2.34. The normalized spacial score (nSPS) is 11.4. The van der Waals surface area contributed by atoms with E-state index in [4.69, 9.17) is 11.6 Å². The van der Waals surface area contributed by atoms with E-state index in [0.29, 0.717) is 10.8 Å². The average Bonchev–Trinajstić information content (AvgIpc) is 3.14. The first-order valence-corrected chi connectivity index (χ1v) is 8.26. The van der Waals surface area contributed by atoms with Crippen LogP contribution in [-0.4, -0.2) is 31.6 Å². The Bertz CT molecular complexity index is 997. The van der Waals surface area contributed by atoms with Gasteiger partial charge in [0.2, 0.25) is 0 Å². The number of aromatic nitrogens is 5. The van der Waals surface area contributed by atoms with Crippen molar-refractivity contribution in [3.8, 4) is 0 Å². The highest BCUT2D eigenvalue weighted by atomic mass is 79.9. The van der Waals surface area contributed by atoms with Gasteiger partial charge >= 0.3 is 0 Å². The van der Waals surface area contributed by atoms with E-state index >= 15 is 0 Å². The second-order valence-corrected chi connectivity index (χ2v) is 7.43. The number of nitrogens with zero attached hydrogens (tertiary/aromatic N) is 6. The molecule has 9 heteroatoms. The molecule has 110 valence electrons. The third-order valence-electron chi connectivity index (χ3n) is 3.27. The molecule has 0 amide bonds. The molecule has 0 saturated heterocycles. The van der Waals surface area contributed by atoms with Gasteiger partial charge in [-0.1, -0.05) is 22.9 Å². The van der Waals surface area contributed by atoms with Crippen LogP contribution in [0.15, 0.2) is 34.5 Å². The second kappa shape index (κ2) is 5.15. The first kappa shape index (κ1) is 13.9. The van der Waals surface area contributed by atoms with Crippen molar-refractivity contribution < 1.29 is 0 Å². The molecular weight excluding hydrogens is 388 g/mol. The van der Waals surface area contributed by atoms with Gasteiger partial charge in [0.1, 0.15) is 12.1 Å². The summed E-state index contributed by atoms with van der Waals surface area (Å²) in [5, 5.41) is 10.4. The van der Waals surface area contributed by atoms with Gasteiger partial charge in [0, 0.05) is 17.5 Å². The van der Waals surface area contributed by atoms with Crippen LogP contribution in [0, 0.1) is 0 Å². The van der Waals surface area contributed by atoms with E-state index < -0.39 is 0 Å². The summed E-state index contributed by atoms with van der Waals surface area (Å²) in [7, 11) is 1.93. The Balaban J connectivity index is 2.02. The molecule has 0 fully saturated rings. The number of hydrogen-bond donors (Lipinski definition) is 0. The Labute approximate surface area is 142 Å². The number of fused-ring (bicyclic) bond motifs is 3. The van der Waals surface area contributed by atoms with Crippen LogP contribution in [0.3, 0.4) is 0 Å². The van der Waals surface area contributed by atoms with Gasteiger partial charge in [-0.15, -0.1) is 10.2 Å². The van der Waals surface area contributed by atoms with E-state index in [1.807, 2.05) is 34.5 Å². The summed E-state index contributed by atoms with van der Waals surface area (Å²) >= 11 is 11.1. The van der Waals surface area contributed by atoms with Crippen molar-refractivity contribution in [3.63, 3.8) is 0 Å².